The molecule has 0 aromatic carbocycles. The summed E-state index contributed by atoms with van der Waals surface area (Å²) in [5.74, 6) is 2.01. The molecule has 0 aliphatic carbocycles. The van der Waals surface area contributed by atoms with Crippen molar-refractivity contribution in [1.82, 2.24) is 20.0 Å². The Hall–Kier alpha value is -0.0800. The van der Waals surface area contributed by atoms with Gasteiger partial charge in [0.1, 0.15) is 0 Å². The van der Waals surface area contributed by atoms with Crippen LogP contribution >= 0.6 is 24.0 Å². The van der Waals surface area contributed by atoms with Crippen LogP contribution in [0.4, 0.5) is 0 Å². The molecule has 4 aliphatic rings. The highest BCUT2D eigenvalue weighted by atomic mass is 127. The van der Waals surface area contributed by atoms with Crippen molar-refractivity contribution in [2.24, 2.45) is 10.9 Å². The first-order valence-electron chi connectivity index (χ1n) is 8.76. The number of aliphatic imine (C=N–C) groups is 1. The minimum atomic E-state index is 0. The zero-order valence-electron chi connectivity index (χ0n) is 14.1. The average molecular weight is 421 g/mol. The van der Waals surface area contributed by atoms with E-state index < -0.39 is 0 Å². The van der Waals surface area contributed by atoms with Crippen LogP contribution in [0, 0.1) is 5.92 Å². The number of rotatable bonds is 3. The minimum Gasteiger partial charge on any atom is -0.357 e. The molecule has 1 atom stereocenters. The molecule has 5 nitrogen and oxygen atoms in total. The molecule has 0 radical (unpaired) electrons. The highest BCUT2D eigenvalue weighted by Gasteiger charge is 2.31. The first-order valence-corrected chi connectivity index (χ1v) is 8.76. The second-order valence-corrected chi connectivity index (χ2v) is 6.85. The van der Waals surface area contributed by atoms with Crippen LogP contribution in [0.3, 0.4) is 0 Å². The molecule has 22 heavy (non-hydrogen) atoms. The molecule has 4 fully saturated rings. The zero-order chi connectivity index (χ0) is 14.7. The highest BCUT2D eigenvalue weighted by Crippen LogP contribution is 2.18. The highest BCUT2D eigenvalue weighted by molar-refractivity contribution is 14.0. The summed E-state index contributed by atoms with van der Waals surface area (Å²) in [6.45, 7) is 14.9. The molecule has 0 amide bonds. The molecule has 2 bridgehead atoms. The third-order valence-corrected chi connectivity index (χ3v) is 5.26. The lowest BCUT2D eigenvalue weighted by molar-refractivity contribution is 0.0173. The van der Waals surface area contributed by atoms with Gasteiger partial charge in [-0.1, -0.05) is 6.92 Å². The Balaban J connectivity index is 0.00000176. The van der Waals surface area contributed by atoms with E-state index in [1.807, 2.05) is 0 Å². The van der Waals surface area contributed by atoms with Crippen molar-refractivity contribution in [1.29, 1.82) is 0 Å². The number of hydrogen-bond acceptors (Lipinski definition) is 3. The van der Waals surface area contributed by atoms with Gasteiger partial charge in [-0.05, 0) is 25.7 Å². The first-order chi connectivity index (χ1) is 10.3. The van der Waals surface area contributed by atoms with Gasteiger partial charge >= 0.3 is 0 Å². The third kappa shape index (κ3) is 4.47. The molecule has 4 heterocycles. The van der Waals surface area contributed by atoms with E-state index in [9.17, 15) is 0 Å². The summed E-state index contributed by atoms with van der Waals surface area (Å²) in [5, 5.41) is 3.49. The van der Waals surface area contributed by atoms with Crippen LogP contribution < -0.4 is 5.32 Å². The van der Waals surface area contributed by atoms with Crippen molar-refractivity contribution < 1.29 is 0 Å². The van der Waals surface area contributed by atoms with E-state index in [0.29, 0.717) is 6.04 Å². The standard InChI is InChI=1S/C16H31N5.HI/c1-3-17-16(21-6-4-14(2)5-7-21)18-12-15-13-19-8-10-20(15)11-9-19;/h14-15H,3-13H2,1-2H3,(H,17,18);1H. The molecule has 0 aromatic rings. The van der Waals surface area contributed by atoms with Gasteiger partial charge in [0.15, 0.2) is 5.96 Å². The number of piperazine rings is 3. The maximum absolute atomic E-state index is 4.97. The van der Waals surface area contributed by atoms with E-state index in [1.165, 1.54) is 45.6 Å². The van der Waals surface area contributed by atoms with Crippen LogP contribution in [0.25, 0.3) is 0 Å². The van der Waals surface area contributed by atoms with Crippen LogP contribution in [0.1, 0.15) is 26.7 Å². The quantitative estimate of drug-likeness (QED) is 0.423. The second kappa shape index (κ2) is 8.68. The van der Waals surface area contributed by atoms with E-state index in [1.54, 1.807) is 0 Å². The lowest BCUT2D eigenvalue weighted by atomic mass is 9.99. The van der Waals surface area contributed by atoms with Crippen LogP contribution in [0.15, 0.2) is 4.99 Å². The Morgan fingerprint density at radius 2 is 1.77 bits per heavy atom. The number of piperidine rings is 1. The van der Waals surface area contributed by atoms with E-state index in [2.05, 4.69) is 33.9 Å². The number of hydrogen-bond donors (Lipinski definition) is 1. The van der Waals surface area contributed by atoms with Gasteiger partial charge in [0.05, 0.1) is 6.54 Å². The number of likely N-dealkylation sites (tertiary alicyclic amines) is 1. The van der Waals surface area contributed by atoms with E-state index >= 15 is 0 Å². The molecular weight excluding hydrogens is 389 g/mol. The van der Waals surface area contributed by atoms with Crippen molar-refractivity contribution >= 4 is 29.9 Å². The SMILES string of the molecule is CCNC(=NCC1CN2CCN1CC2)N1CCC(C)CC1.I. The Kier molecular flexibility index (Phi) is 7.21. The molecule has 4 saturated heterocycles. The summed E-state index contributed by atoms with van der Waals surface area (Å²) < 4.78 is 0. The second-order valence-electron chi connectivity index (χ2n) is 6.85. The number of halogens is 1. The van der Waals surface area contributed by atoms with Crippen LogP contribution in [-0.2, 0) is 0 Å². The van der Waals surface area contributed by atoms with Gasteiger partial charge < -0.3 is 10.2 Å². The molecular formula is C16H32IN5. The van der Waals surface area contributed by atoms with E-state index in [-0.39, 0.29) is 24.0 Å². The lowest BCUT2D eigenvalue weighted by Gasteiger charge is -2.47. The summed E-state index contributed by atoms with van der Waals surface area (Å²) in [6, 6.07) is 0.630. The maximum atomic E-state index is 4.97. The molecule has 0 saturated carbocycles. The van der Waals surface area contributed by atoms with E-state index in [0.717, 1.165) is 38.1 Å². The number of nitrogens with one attached hydrogen (secondary N) is 1. The minimum absolute atomic E-state index is 0. The summed E-state index contributed by atoms with van der Waals surface area (Å²) in [5.41, 5.74) is 0. The van der Waals surface area contributed by atoms with Crippen molar-refractivity contribution in [3.63, 3.8) is 0 Å². The molecule has 4 aliphatic heterocycles. The number of nitrogens with zero attached hydrogens (tertiary/aromatic N) is 4. The predicted molar refractivity (Wildman–Crippen MR) is 103 cm³/mol. The Morgan fingerprint density at radius 3 is 2.32 bits per heavy atom. The molecule has 4 rings (SSSR count). The van der Waals surface area contributed by atoms with E-state index in [4.69, 9.17) is 4.99 Å². The molecule has 1 unspecified atom stereocenters. The summed E-state index contributed by atoms with van der Waals surface area (Å²) in [6.07, 6.45) is 2.60. The van der Waals surface area contributed by atoms with Crippen molar-refractivity contribution in [3.8, 4) is 0 Å². The fraction of sp³-hybridized carbons (Fsp3) is 0.938. The van der Waals surface area contributed by atoms with Gasteiger partial charge in [-0.3, -0.25) is 14.8 Å². The molecule has 0 spiro atoms. The smallest absolute Gasteiger partial charge is 0.193 e. The predicted octanol–water partition coefficient (Wildman–Crippen LogP) is 1.30. The van der Waals surface area contributed by atoms with Crippen LogP contribution in [0.2, 0.25) is 0 Å². The molecule has 128 valence electrons. The Bertz CT molecular complexity index is 360. The van der Waals surface area contributed by atoms with Gasteiger partial charge in [0, 0.05) is 58.4 Å². The largest absolute Gasteiger partial charge is 0.357 e. The van der Waals surface area contributed by atoms with Crippen LogP contribution in [0.5, 0.6) is 0 Å². The van der Waals surface area contributed by atoms with Gasteiger partial charge in [-0.2, -0.15) is 0 Å². The third-order valence-electron chi connectivity index (χ3n) is 5.26. The Labute approximate surface area is 152 Å². The molecule has 6 heteroatoms. The maximum Gasteiger partial charge on any atom is 0.193 e. The van der Waals surface area contributed by atoms with Crippen LogP contribution in [-0.4, -0.2) is 85.6 Å². The van der Waals surface area contributed by atoms with Gasteiger partial charge in [0.2, 0.25) is 0 Å². The van der Waals surface area contributed by atoms with Gasteiger partial charge in [0.25, 0.3) is 0 Å². The average Bonchev–Trinajstić information content (AvgIpc) is 2.53. The normalized spacial score (nSPS) is 32.7. The molecule has 1 N–H and O–H groups in total. The van der Waals surface area contributed by atoms with Crippen molar-refractivity contribution in [3.05, 3.63) is 0 Å². The Morgan fingerprint density at radius 1 is 1.09 bits per heavy atom. The van der Waals surface area contributed by atoms with Gasteiger partial charge in [-0.25, -0.2) is 0 Å². The summed E-state index contributed by atoms with van der Waals surface area (Å²) in [4.78, 5) is 12.6. The first kappa shape index (κ1) is 18.3. The summed E-state index contributed by atoms with van der Waals surface area (Å²) >= 11 is 0. The fourth-order valence-corrected chi connectivity index (χ4v) is 3.74. The van der Waals surface area contributed by atoms with Crippen molar-refractivity contribution in [2.75, 3.05) is 58.9 Å². The fourth-order valence-electron chi connectivity index (χ4n) is 3.74. The number of fused-ring (bicyclic) bond motifs is 3. The number of guanidine groups is 1. The monoisotopic (exact) mass is 421 g/mol. The van der Waals surface area contributed by atoms with Crippen molar-refractivity contribution in [2.45, 2.75) is 32.7 Å². The zero-order valence-corrected chi connectivity index (χ0v) is 16.5. The molecule has 0 aromatic heterocycles. The lowest BCUT2D eigenvalue weighted by Crippen LogP contribution is -2.62. The van der Waals surface area contributed by atoms with Gasteiger partial charge in [-0.15, -0.1) is 24.0 Å². The summed E-state index contributed by atoms with van der Waals surface area (Å²) in [7, 11) is 0. The topological polar surface area (TPSA) is 34.1 Å².